The molecule has 23 rings (SSSR count). The summed E-state index contributed by atoms with van der Waals surface area (Å²) in [6.07, 6.45) is 0. The van der Waals surface area contributed by atoms with Crippen molar-refractivity contribution < 1.29 is 0 Å². The van der Waals surface area contributed by atoms with Gasteiger partial charge < -0.3 is 33.8 Å². The van der Waals surface area contributed by atoms with Crippen molar-refractivity contribution in [2.45, 2.75) is 0 Å². The van der Waals surface area contributed by atoms with E-state index in [0.717, 1.165) is 34.1 Å². The standard InChI is InChI=1S/C90H56B3N7/c1-7-28-57(29-8-1)94-71-43-22-19-40-66(71)91-69-55-65-81(56-82(69)98(61-36-15-5-16-37-61)76-48-25-46-74(94)84(76)91)100-88-64(54-70-90(83(65)88)99(62-38-17-6-18-39-62)79-51-27-47-75-85(79)92(70)67-41-20-23-44-72(67)95(75)58-30-9-2-10-31-58)63-52-53-80-87(89(63)100)93-68-42-21-24-45-73(68)96(59-32-11-3-12-33-59)77-49-26-50-78(86(77)93)97(80)60-34-13-4-14-35-60/h1-56H. The monoisotopic (exact) mass is 1270 g/mol. The number of nitrogens with zero attached hydrogens (tertiary/aromatic N) is 7. The SMILES string of the molecule is c1ccc(N2c3ccccc3B3c4cc5c6c7c(cc8c9ccc%10c(c9n(c5cc4N(c4ccccc4)c4cccc2c43)c86)B2c3ccccc3N(c3ccccc3)c3cccc(c32)N%10c2ccccc2)B2c3ccccc3N(c3ccccc3)c3cccc(c32)N7c2ccccc2)cc1. The van der Waals surface area contributed by atoms with Gasteiger partial charge in [0.2, 0.25) is 0 Å². The molecule has 6 aliphatic rings. The lowest BCUT2D eigenvalue weighted by atomic mass is 9.33. The fourth-order valence-electron chi connectivity index (χ4n) is 18.9. The molecule has 0 bridgehead atoms. The van der Waals surface area contributed by atoms with E-state index >= 15 is 0 Å². The average Bonchev–Trinajstić information content (AvgIpc) is 1.37. The topological polar surface area (TPSA) is 23.9 Å². The highest BCUT2D eigenvalue weighted by molar-refractivity contribution is 7.03. The third kappa shape index (κ3) is 7.10. The minimum Gasteiger partial charge on any atom is -0.311 e. The van der Waals surface area contributed by atoms with E-state index in [1.165, 1.54) is 156 Å². The summed E-state index contributed by atoms with van der Waals surface area (Å²) in [5.41, 5.74) is 36.1. The normalized spacial score (nSPS) is 14.0. The molecule has 17 aromatic rings. The van der Waals surface area contributed by atoms with Gasteiger partial charge in [-0.1, -0.05) is 200 Å². The van der Waals surface area contributed by atoms with Gasteiger partial charge in [-0.25, -0.2) is 0 Å². The summed E-state index contributed by atoms with van der Waals surface area (Å²) in [4.78, 5) is 15.3. The molecule has 0 spiro atoms. The van der Waals surface area contributed by atoms with Crippen LogP contribution in [0.3, 0.4) is 0 Å². The molecular formula is C90H56B3N7. The molecule has 100 heavy (non-hydrogen) atoms. The van der Waals surface area contributed by atoms with Crippen LogP contribution in [0.4, 0.5) is 102 Å². The minimum absolute atomic E-state index is 0.120. The van der Waals surface area contributed by atoms with Crippen LogP contribution in [0.25, 0.3) is 38.1 Å². The van der Waals surface area contributed by atoms with Crippen LogP contribution in [0.1, 0.15) is 0 Å². The highest BCUT2D eigenvalue weighted by atomic mass is 15.2. The van der Waals surface area contributed by atoms with Crippen LogP contribution < -0.4 is 78.6 Å². The zero-order valence-electron chi connectivity index (χ0n) is 54.2. The van der Waals surface area contributed by atoms with Gasteiger partial charge in [0.15, 0.2) is 0 Å². The van der Waals surface area contributed by atoms with Crippen LogP contribution in [0.15, 0.2) is 340 Å². The van der Waals surface area contributed by atoms with Crippen molar-refractivity contribution in [3.8, 4) is 0 Å². The highest BCUT2D eigenvalue weighted by Crippen LogP contribution is 2.54. The summed E-state index contributed by atoms with van der Waals surface area (Å²) in [5, 5.41) is 4.94. The van der Waals surface area contributed by atoms with E-state index in [1.54, 1.807) is 0 Å². The van der Waals surface area contributed by atoms with E-state index in [2.05, 4.69) is 374 Å². The lowest BCUT2D eigenvalue weighted by molar-refractivity contribution is 1.25. The quantitative estimate of drug-likeness (QED) is 0.154. The second kappa shape index (κ2) is 20.3. The second-order valence-corrected chi connectivity index (χ2v) is 27.4. The van der Waals surface area contributed by atoms with E-state index in [-0.39, 0.29) is 20.1 Å². The third-order valence-electron chi connectivity index (χ3n) is 22.5. The summed E-state index contributed by atoms with van der Waals surface area (Å²) in [5.74, 6) is 0. The Bertz CT molecular complexity index is 6280. The van der Waals surface area contributed by atoms with Gasteiger partial charge in [-0.05, 0) is 189 Å². The Morgan fingerprint density at radius 1 is 0.190 bits per heavy atom. The van der Waals surface area contributed by atoms with Crippen LogP contribution in [0.5, 0.6) is 0 Å². The van der Waals surface area contributed by atoms with Gasteiger partial charge in [0.05, 0.1) is 22.2 Å². The number of para-hydroxylation sites is 9. The Morgan fingerprint density at radius 2 is 0.510 bits per heavy atom. The van der Waals surface area contributed by atoms with Crippen LogP contribution in [-0.2, 0) is 0 Å². The molecule has 0 N–H and O–H groups in total. The maximum Gasteiger partial charge on any atom is 0.254 e. The zero-order valence-corrected chi connectivity index (χ0v) is 54.2. The van der Waals surface area contributed by atoms with Crippen LogP contribution in [0.2, 0.25) is 0 Å². The Kier molecular flexibility index (Phi) is 11.0. The maximum absolute atomic E-state index is 2.76. The van der Waals surface area contributed by atoms with Crippen molar-refractivity contribution in [2.24, 2.45) is 0 Å². The van der Waals surface area contributed by atoms with Crippen LogP contribution >= 0.6 is 0 Å². The molecule has 0 fully saturated rings. The van der Waals surface area contributed by atoms with Crippen LogP contribution in [-0.4, -0.2) is 24.5 Å². The molecular weight excluding hydrogens is 1210 g/mol. The summed E-state index contributed by atoms with van der Waals surface area (Å²) < 4.78 is 2.76. The Labute approximate surface area is 579 Å². The Hall–Kier alpha value is -12.9. The summed E-state index contributed by atoms with van der Waals surface area (Å²) >= 11 is 0. The first-order valence-electron chi connectivity index (χ1n) is 34.9. The average molecular weight is 1270 g/mol. The van der Waals surface area contributed by atoms with Crippen molar-refractivity contribution in [3.63, 3.8) is 0 Å². The van der Waals surface area contributed by atoms with Gasteiger partial charge in [-0.3, -0.25) is 0 Å². The van der Waals surface area contributed by atoms with E-state index < -0.39 is 0 Å². The summed E-state index contributed by atoms with van der Waals surface area (Å²) in [7, 11) is 0. The molecule has 0 atom stereocenters. The summed E-state index contributed by atoms with van der Waals surface area (Å²) in [6.45, 7) is -0.420. The molecule has 8 heterocycles. The number of hydrogen-bond donors (Lipinski definition) is 0. The van der Waals surface area contributed by atoms with Crippen molar-refractivity contribution in [1.29, 1.82) is 0 Å². The molecule has 0 saturated carbocycles. The molecule has 460 valence electrons. The lowest BCUT2D eigenvalue weighted by Crippen LogP contribution is -2.61. The van der Waals surface area contributed by atoms with Gasteiger partial charge in [-0.15, -0.1) is 0 Å². The molecule has 10 heteroatoms. The number of rotatable bonds is 6. The maximum atomic E-state index is 2.76. The Balaban J connectivity index is 0.913. The Morgan fingerprint density at radius 3 is 0.950 bits per heavy atom. The van der Waals surface area contributed by atoms with Crippen molar-refractivity contribution in [1.82, 2.24) is 4.40 Å². The largest absolute Gasteiger partial charge is 0.311 e. The highest BCUT2D eigenvalue weighted by Gasteiger charge is 2.50. The van der Waals surface area contributed by atoms with Gasteiger partial charge in [0.1, 0.15) is 0 Å². The predicted molar refractivity (Wildman–Crippen MR) is 423 cm³/mol. The molecule has 2 aromatic heterocycles. The van der Waals surface area contributed by atoms with E-state index in [0.29, 0.717) is 0 Å². The molecule has 0 radical (unpaired) electrons. The van der Waals surface area contributed by atoms with Crippen molar-refractivity contribution in [2.75, 3.05) is 29.4 Å². The first kappa shape index (κ1) is 54.2. The molecule has 0 unspecified atom stereocenters. The number of fused-ring (bicyclic) bond motifs is 20. The molecule has 0 aliphatic carbocycles. The van der Waals surface area contributed by atoms with E-state index in [9.17, 15) is 0 Å². The van der Waals surface area contributed by atoms with Gasteiger partial charge >= 0.3 is 0 Å². The fourth-order valence-corrected chi connectivity index (χ4v) is 18.9. The third-order valence-corrected chi connectivity index (χ3v) is 22.5. The van der Waals surface area contributed by atoms with Gasteiger partial charge in [0, 0.05) is 118 Å². The lowest BCUT2D eigenvalue weighted by Gasteiger charge is -2.44. The molecule has 7 nitrogen and oxygen atoms in total. The van der Waals surface area contributed by atoms with Gasteiger partial charge in [-0.2, -0.15) is 0 Å². The fraction of sp³-hybridized carbons (Fsp3) is 0. The minimum atomic E-state index is -0.166. The molecule has 0 amide bonds. The van der Waals surface area contributed by atoms with Gasteiger partial charge in [0.25, 0.3) is 20.1 Å². The first-order chi connectivity index (χ1) is 49.7. The number of anilines is 18. The smallest absolute Gasteiger partial charge is 0.254 e. The molecule has 0 saturated heterocycles. The van der Waals surface area contributed by atoms with Crippen LogP contribution in [0, 0.1) is 0 Å². The number of hydrogen-bond acceptors (Lipinski definition) is 6. The predicted octanol–water partition coefficient (Wildman–Crippen LogP) is 17.1. The summed E-state index contributed by atoms with van der Waals surface area (Å²) in [6, 6.07) is 128. The van der Waals surface area contributed by atoms with E-state index in [1.807, 2.05) is 0 Å². The van der Waals surface area contributed by atoms with Crippen molar-refractivity contribution in [3.05, 3.63) is 340 Å². The zero-order chi connectivity index (χ0) is 65.0. The molecule has 6 aliphatic heterocycles. The second-order valence-electron chi connectivity index (χ2n) is 27.4. The number of benzene rings is 15. The van der Waals surface area contributed by atoms with Crippen molar-refractivity contribution >= 4 is 210 Å². The molecule has 15 aromatic carbocycles. The number of aromatic nitrogens is 1. The first-order valence-corrected chi connectivity index (χ1v) is 34.9. The van der Waals surface area contributed by atoms with E-state index in [4.69, 9.17) is 0 Å².